The van der Waals surface area contributed by atoms with Crippen LogP contribution in [0.15, 0.2) is 30.3 Å². The van der Waals surface area contributed by atoms with Crippen molar-refractivity contribution in [1.29, 1.82) is 0 Å². The number of rotatable bonds is 5. The molecule has 1 aliphatic rings. The maximum Gasteiger partial charge on any atom is 0.414 e. The number of hydrogen-bond acceptors (Lipinski definition) is 6. The molecule has 0 saturated carbocycles. The second-order valence-electron chi connectivity index (χ2n) is 8.14. The smallest absolute Gasteiger partial charge is 0.399 e. The Labute approximate surface area is 191 Å². The molecule has 0 unspecified atom stereocenters. The molecule has 0 radical (unpaired) electrons. The van der Waals surface area contributed by atoms with E-state index in [1.165, 1.54) is 0 Å². The van der Waals surface area contributed by atoms with Crippen LogP contribution < -0.4 is 20.3 Å². The van der Waals surface area contributed by atoms with Crippen LogP contribution in [0, 0.1) is 19.3 Å². The number of nitrogens with zero attached hydrogens (tertiary/aromatic N) is 2. The highest BCUT2D eigenvalue weighted by Gasteiger charge is 2.31. The zero-order valence-corrected chi connectivity index (χ0v) is 19.3. The molecule has 168 valence electrons. The van der Waals surface area contributed by atoms with E-state index < -0.39 is 17.5 Å². The normalized spacial score (nSPS) is 14.6. The number of thiophene rings is 1. The fraction of sp³-hybridized carbons (Fsp3) is 0.348. The van der Waals surface area contributed by atoms with Crippen molar-refractivity contribution >= 4 is 40.6 Å². The molecule has 3 rings (SSSR count). The molecule has 1 saturated heterocycles. The maximum atomic E-state index is 12.8. The molecule has 1 aromatic heterocycles. The molecule has 9 heteroatoms. The van der Waals surface area contributed by atoms with Crippen LogP contribution >= 0.6 is 11.3 Å². The number of aryl methyl sites for hydroxylation is 1. The van der Waals surface area contributed by atoms with E-state index in [1.54, 1.807) is 43.0 Å². The van der Waals surface area contributed by atoms with Crippen LogP contribution in [-0.2, 0) is 9.59 Å². The van der Waals surface area contributed by atoms with Crippen molar-refractivity contribution in [3.8, 4) is 17.4 Å². The molecule has 0 atom stereocenters. The van der Waals surface area contributed by atoms with Gasteiger partial charge in [0.25, 0.3) is 0 Å². The lowest BCUT2D eigenvalue weighted by molar-refractivity contribution is -0.121. The lowest BCUT2D eigenvalue weighted by Gasteiger charge is -2.33. The predicted octanol–water partition coefficient (Wildman–Crippen LogP) is 2.82. The number of piperazine rings is 1. The molecule has 0 aliphatic carbocycles. The summed E-state index contributed by atoms with van der Waals surface area (Å²) < 4.78 is 5.20. The fourth-order valence-corrected chi connectivity index (χ4v) is 3.92. The summed E-state index contributed by atoms with van der Waals surface area (Å²) in [4.78, 5) is 41.7. The highest BCUT2D eigenvalue weighted by molar-refractivity contribution is 7.14. The Kier molecular flexibility index (Phi) is 6.87. The lowest BCUT2D eigenvalue weighted by atomic mass is 10.0. The minimum atomic E-state index is -1.23. The van der Waals surface area contributed by atoms with Gasteiger partial charge >= 0.3 is 6.09 Å². The van der Waals surface area contributed by atoms with E-state index in [9.17, 15) is 14.4 Å². The second kappa shape index (κ2) is 9.42. The first-order valence-corrected chi connectivity index (χ1v) is 10.9. The molecule has 8 nitrogen and oxygen atoms in total. The quantitative estimate of drug-likeness (QED) is 0.678. The SMILES string of the molecule is C#Cc1ccc(OC(=O)NC(C)(C)C(=O)Nc2ccc(N3CCN(C)CC3=O)c(C)c2)s1. The van der Waals surface area contributed by atoms with Gasteiger partial charge in [0.05, 0.1) is 11.4 Å². The third-order valence-electron chi connectivity index (χ3n) is 5.06. The monoisotopic (exact) mass is 454 g/mol. The van der Waals surface area contributed by atoms with Gasteiger partial charge in [-0.2, -0.15) is 0 Å². The Morgan fingerprint density at radius 1 is 1.22 bits per heavy atom. The average molecular weight is 455 g/mol. The summed E-state index contributed by atoms with van der Waals surface area (Å²) in [6.07, 6.45) is 4.56. The topological polar surface area (TPSA) is 91.0 Å². The zero-order valence-electron chi connectivity index (χ0n) is 18.5. The van der Waals surface area contributed by atoms with E-state index in [2.05, 4.69) is 16.6 Å². The minimum absolute atomic E-state index is 0.0441. The maximum absolute atomic E-state index is 12.8. The van der Waals surface area contributed by atoms with E-state index in [0.29, 0.717) is 28.7 Å². The second-order valence-corrected chi connectivity index (χ2v) is 9.19. The molecule has 0 bridgehead atoms. The largest absolute Gasteiger partial charge is 0.414 e. The van der Waals surface area contributed by atoms with Gasteiger partial charge in [-0.05, 0) is 63.7 Å². The summed E-state index contributed by atoms with van der Waals surface area (Å²) in [6, 6.07) is 8.64. The molecular weight excluding hydrogens is 428 g/mol. The van der Waals surface area contributed by atoms with Crippen LogP contribution in [0.3, 0.4) is 0 Å². The predicted molar refractivity (Wildman–Crippen MR) is 125 cm³/mol. The molecular formula is C23H26N4O4S. The van der Waals surface area contributed by atoms with Crippen molar-refractivity contribution in [3.63, 3.8) is 0 Å². The van der Waals surface area contributed by atoms with Crippen LogP contribution in [0.25, 0.3) is 0 Å². The summed E-state index contributed by atoms with van der Waals surface area (Å²) in [5.74, 6) is 2.10. The summed E-state index contributed by atoms with van der Waals surface area (Å²) in [6.45, 7) is 6.85. The zero-order chi connectivity index (χ0) is 23.5. The van der Waals surface area contributed by atoms with Gasteiger partial charge in [-0.1, -0.05) is 17.3 Å². The van der Waals surface area contributed by atoms with Crippen LogP contribution in [-0.4, -0.2) is 55.0 Å². The van der Waals surface area contributed by atoms with Crippen molar-refractivity contribution in [2.24, 2.45) is 0 Å². The molecule has 2 N–H and O–H groups in total. The first-order valence-electron chi connectivity index (χ1n) is 10.1. The highest BCUT2D eigenvalue weighted by atomic mass is 32.1. The number of likely N-dealkylation sites (N-methyl/N-ethyl adjacent to an activating group) is 1. The standard InChI is InChI=1S/C23H26N4O4S/c1-6-17-8-10-20(32-17)31-22(30)25-23(3,4)21(29)24-16-7-9-18(15(2)13-16)27-12-11-26(5)14-19(27)28/h1,7-10,13H,11-12,14H2,2-5H3,(H,24,29)(H,25,30). The van der Waals surface area contributed by atoms with Gasteiger partial charge in [0.1, 0.15) is 5.54 Å². The van der Waals surface area contributed by atoms with E-state index in [0.717, 1.165) is 29.1 Å². The third kappa shape index (κ3) is 5.46. The molecule has 1 fully saturated rings. The van der Waals surface area contributed by atoms with Gasteiger partial charge in [0.2, 0.25) is 11.8 Å². The number of carbonyl (C=O) groups excluding carboxylic acids is 3. The van der Waals surface area contributed by atoms with Gasteiger partial charge in [0.15, 0.2) is 5.06 Å². The van der Waals surface area contributed by atoms with Crippen LogP contribution in [0.5, 0.6) is 5.06 Å². The van der Waals surface area contributed by atoms with Crippen molar-refractivity contribution < 1.29 is 19.1 Å². The number of benzene rings is 1. The number of anilines is 2. The number of carbonyl (C=O) groups is 3. The van der Waals surface area contributed by atoms with E-state index >= 15 is 0 Å². The van der Waals surface area contributed by atoms with Crippen LogP contribution in [0.2, 0.25) is 0 Å². The molecule has 3 amide bonds. The number of amides is 3. The Hall–Kier alpha value is -3.35. The number of ether oxygens (including phenoxy) is 1. The number of hydrogen-bond donors (Lipinski definition) is 2. The van der Waals surface area contributed by atoms with E-state index in [1.807, 2.05) is 24.9 Å². The summed E-state index contributed by atoms with van der Waals surface area (Å²) in [7, 11) is 1.92. The Morgan fingerprint density at radius 2 is 1.97 bits per heavy atom. The molecule has 32 heavy (non-hydrogen) atoms. The summed E-state index contributed by atoms with van der Waals surface area (Å²) in [5, 5.41) is 5.72. The fourth-order valence-electron chi connectivity index (χ4n) is 3.25. The molecule has 1 aliphatic heterocycles. The first kappa shape index (κ1) is 23.3. The number of nitrogens with one attached hydrogen (secondary N) is 2. The third-order valence-corrected chi connectivity index (χ3v) is 5.95. The van der Waals surface area contributed by atoms with Crippen molar-refractivity contribution in [2.45, 2.75) is 26.3 Å². The van der Waals surface area contributed by atoms with Crippen molar-refractivity contribution in [1.82, 2.24) is 10.2 Å². The Bertz CT molecular complexity index is 1090. The minimum Gasteiger partial charge on any atom is -0.399 e. The van der Waals surface area contributed by atoms with Crippen molar-refractivity contribution in [3.05, 3.63) is 40.8 Å². The van der Waals surface area contributed by atoms with Gasteiger partial charge in [-0.3, -0.25) is 14.5 Å². The summed E-state index contributed by atoms with van der Waals surface area (Å²) >= 11 is 1.16. The van der Waals surface area contributed by atoms with Crippen LogP contribution in [0.1, 0.15) is 24.3 Å². The van der Waals surface area contributed by atoms with E-state index in [4.69, 9.17) is 11.2 Å². The first-order chi connectivity index (χ1) is 15.1. The van der Waals surface area contributed by atoms with Gasteiger partial charge < -0.3 is 20.3 Å². The summed E-state index contributed by atoms with van der Waals surface area (Å²) in [5.41, 5.74) is 1.03. The van der Waals surface area contributed by atoms with Gasteiger partial charge in [-0.25, -0.2) is 4.79 Å². The lowest BCUT2D eigenvalue weighted by Crippen LogP contribution is -2.53. The molecule has 2 heterocycles. The average Bonchev–Trinajstić information content (AvgIpc) is 3.15. The Morgan fingerprint density at radius 3 is 2.59 bits per heavy atom. The number of terminal acetylenes is 1. The molecule has 1 aromatic carbocycles. The van der Waals surface area contributed by atoms with E-state index in [-0.39, 0.29) is 5.91 Å². The molecule has 0 spiro atoms. The van der Waals surface area contributed by atoms with Gasteiger partial charge in [0, 0.05) is 24.5 Å². The Balaban J connectivity index is 1.62. The molecule has 2 aromatic rings. The van der Waals surface area contributed by atoms with Gasteiger partial charge in [-0.15, -0.1) is 6.42 Å². The van der Waals surface area contributed by atoms with Crippen molar-refractivity contribution in [2.75, 3.05) is 36.9 Å². The van der Waals surface area contributed by atoms with Crippen LogP contribution in [0.4, 0.5) is 16.2 Å². The highest BCUT2D eigenvalue weighted by Crippen LogP contribution is 2.26.